The maximum absolute atomic E-state index is 11.5. The fourth-order valence-corrected chi connectivity index (χ4v) is 3.54. The lowest BCUT2D eigenvalue weighted by Gasteiger charge is -2.37. The Hall–Kier alpha value is -2.73. The highest BCUT2D eigenvalue weighted by atomic mass is 16.5. The molecule has 2 aromatic rings. The van der Waals surface area contributed by atoms with Crippen LogP contribution >= 0.6 is 0 Å². The molecule has 0 aromatic heterocycles. The van der Waals surface area contributed by atoms with E-state index in [1.807, 2.05) is 6.07 Å². The van der Waals surface area contributed by atoms with Crippen molar-refractivity contribution in [3.63, 3.8) is 0 Å². The molecule has 0 spiro atoms. The zero-order valence-electron chi connectivity index (χ0n) is 15.9. The lowest BCUT2D eigenvalue weighted by Crippen LogP contribution is -2.49. The second-order valence-corrected chi connectivity index (χ2v) is 6.86. The minimum atomic E-state index is -0.958. The van der Waals surface area contributed by atoms with Gasteiger partial charge in [0.05, 0.1) is 18.4 Å². The summed E-state index contributed by atoms with van der Waals surface area (Å²) < 4.78 is 5.34. The van der Waals surface area contributed by atoms with Crippen LogP contribution in [0.25, 0.3) is 0 Å². The molecule has 1 atom stereocenters. The molecular weight excluding hydrogens is 342 g/mol. The number of carbonyl (C=O) groups is 1. The van der Waals surface area contributed by atoms with Crippen molar-refractivity contribution in [3.8, 4) is 5.75 Å². The quantitative estimate of drug-likeness (QED) is 0.782. The van der Waals surface area contributed by atoms with Crippen LogP contribution in [0, 0.1) is 0 Å². The average Bonchev–Trinajstić information content (AvgIpc) is 2.69. The number of piperazine rings is 1. The number of carboxylic acid groups (broad SMARTS) is 1. The lowest BCUT2D eigenvalue weighted by molar-refractivity contribution is 0.0697. The molecule has 1 unspecified atom stereocenters. The molecule has 0 radical (unpaired) electrons. The van der Waals surface area contributed by atoms with Crippen molar-refractivity contribution in [2.45, 2.75) is 13.0 Å². The van der Waals surface area contributed by atoms with Crippen molar-refractivity contribution in [2.24, 2.45) is 0 Å². The van der Waals surface area contributed by atoms with Gasteiger partial charge in [0.2, 0.25) is 0 Å². The Kier molecular flexibility index (Phi) is 6.19. The summed E-state index contributed by atoms with van der Waals surface area (Å²) in [6.45, 7) is 6.87. The molecule has 2 N–H and O–H groups in total. The monoisotopic (exact) mass is 369 g/mol. The van der Waals surface area contributed by atoms with Crippen molar-refractivity contribution >= 4 is 17.3 Å². The molecule has 27 heavy (non-hydrogen) atoms. The van der Waals surface area contributed by atoms with Crippen LogP contribution in [0.1, 0.15) is 17.3 Å². The predicted molar refractivity (Wildman–Crippen MR) is 108 cm³/mol. The maximum Gasteiger partial charge on any atom is 0.337 e. The minimum absolute atomic E-state index is 0.0997. The van der Waals surface area contributed by atoms with E-state index in [9.17, 15) is 9.90 Å². The number of nitrogens with zero attached hydrogens (tertiary/aromatic N) is 2. The third-order valence-corrected chi connectivity index (χ3v) is 4.89. The van der Waals surface area contributed by atoms with Gasteiger partial charge in [-0.25, -0.2) is 4.79 Å². The molecule has 0 amide bonds. The molecule has 3 rings (SSSR count). The Balaban J connectivity index is 1.58. The Morgan fingerprint density at radius 2 is 1.81 bits per heavy atom. The van der Waals surface area contributed by atoms with E-state index in [-0.39, 0.29) is 11.6 Å². The molecule has 0 aliphatic carbocycles. The highest BCUT2D eigenvalue weighted by Gasteiger charge is 2.21. The number of ether oxygens (including phenoxy) is 1. The Labute approximate surface area is 160 Å². The molecule has 6 heteroatoms. The minimum Gasteiger partial charge on any atom is -0.495 e. The Bertz CT molecular complexity index is 759. The zero-order valence-corrected chi connectivity index (χ0v) is 15.9. The summed E-state index contributed by atoms with van der Waals surface area (Å²) >= 11 is 0. The smallest absolute Gasteiger partial charge is 0.337 e. The van der Waals surface area contributed by atoms with Crippen LogP contribution in [0.2, 0.25) is 0 Å². The van der Waals surface area contributed by atoms with Gasteiger partial charge in [-0.3, -0.25) is 4.90 Å². The highest BCUT2D eigenvalue weighted by Crippen LogP contribution is 2.29. The van der Waals surface area contributed by atoms with Crippen LogP contribution in [0.5, 0.6) is 5.75 Å². The summed E-state index contributed by atoms with van der Waals surface area (Å²) in [6.07, 6.45) is 0. The normalized spacial score (nSPS) is 16.0. The predicted octanol–water partition coefficient (Wildman–Crippen LogP) is 3.02. The summed E-state index contributed by atoms with van der Waals surface area (Å²) in [5.74, 6) is -0.407. The summed E-state index contributed by atoms with van der Waals surface area (Å²) in [6, 6.07) is 15.6. The largest absolute Gasteiger partial charge is 0.495 e. The number of aromatic carboxylic acids is 1. The van der Waals surface area contributed by atoms with Gasteiger partial charge in [0.25, 0.3) is 0 Å². The topological polar surface area (TPSA) is 65.0 Å². The van der Waals surface area contributed by atoms with Crippen molar-refractivity contribution in [1.82, 2.24) is 4.90 Å². The van der Waals surface area contributed by atoms with E-state index < -0.39 is 5.97 Å². The van der Waals surface area contributed by atoms with Gasteiger partial charge >= 0.3 is 5.97 Å². The second kappa shape index (κ2) is 8.77. The highest BCUT2D eigenvalue weighted by molar-refractivity contribution is 5.96. The van der Waals surface area contributed by atoms with Crippen LogP contribution in [0.15, 0.2) is 48.5 Å². The second-order valence-electron chi connectivity index (χ2n) is 6.86. The number of nitrogens with one attached hydrogen (secondary N) is 1. The molecule has 1 heterocycles. The first-order valence-electron chi connectivity index (χ1n) is 9.27. The summed E-state index contributed by atoms with van der Waals surface area (Å²) in [4.78, 5) is 16.3. The van der Waals surface area contributed by atoms with E-state index in [0.29, 0.717) is 11.4 Å². The first-order chi connectivity index (χ1) is 13.1. The van der Waals surface area contributed by atoms with Gasteiger partial charge < -0.3 is 20.1 Å². The van der Waals surface area contributed by atoms with E-state index in [1.54, 1.807) is 25.3 Å². The van der Waals surface area contributed by atoms with Gasteiger partial charge in [-0.15, -0.1) is 0 Å². The van der Waals surface area contributed by atoms with E-state index in [1.165, 1.54) is 5.69 Å². The molecule has 1 fully saturated rings. The molecule has 144 valence electrons. The summed E-state index contributed by atoms with van der Waals surface area (Å²) in [5.41, 5.74) is 2.04. The van der Waals surface area contributed by atoms with Gasteiger partial charge in [-0.1, -0.05) is 24.3 Å². The maximum atomic E-state index is 11.5. The fourth-order valence-electron chi connectivity index (χ4n) is 3.54. The van der Waals surface area contributed by atoms with Crippen molar-refractivity contribution in [3.05, 3.63) is 54.1 Å². The number of methoxy groups -OCH3 is 1. The van der Waals surface area contributed by atoms with Crippen molar-refractivity contribution in [2.75, 3.05) is 50.1 Å². The zero-order chi connectivity index (χ0) is 19.2. The third kappa shape index (κ3) is 4.71. The first kappa shape index (κ1) is 19.0. The lowest BCUT2D eigenvalue weighted by atomic mass is 10.1. The summed E-state index contributed by atoms with van der Waals surface area (Å²) in [5, 5.41) is 12.8. The summed E-state index contributed by atoms with van der Waals surface area (Å²) in [7, 11) is 1.56. The van der Waals surface area contributed by atoms with Crippen molar-refractivity contribution < 1.29 is 14.6 Å². The van der Waals surface area contributed by atoms with Gasteiger partial charge in [-0.2, -0.15) is 0 Å². The van der Waals surface area contributed by atoms with Crippen LogP contribution in [-0.2, 0) is 0 Å². The van der Waals surface area contributed by atoms with Gasteiger partial charge in [0.15, 0.2) is 0 Å². The number of hydrogen-bond acceptors (Lipinski definition) is 5. The average molecular weight is 369 g/mol. The van der Waals surface area contributed by atoms with Crippen LogP contribution in [-0.4, -0.2) is 61.9 Å². The number of anilines is 2. The SMILES string of the molecule is COc1cccc(C(=O)O)c1NC(C)CN1CCN(c2ccccc2)CC1. The number of para-hydroxylation sites is 2. The molecule has 1 aliphatic heterocycles. The fraction of sp³-hybridized carbons (Fsp3) is 0.381. The molecule has 6 nitrogen and oxygen atoms in total. The Morgan fingerprint density at radius 3 is 2.44 bits per heavy atom. The molecule has 2 aromatic carbocycles. The van der Waals surface area contributed by atoms with Crippen molar-refractivity contribution in [1.29, 1.82) is 0 Å². The first-order valence-corrected chi connectivity index (χ1v) is 9.27. The van der Waals surface area contributed by atoms with E-state index in [2.05, 4.69) is 46.3 Å². The molecule has 1 aliphatic rings. The molecular formula is C21H27N3O3. The van der Waals surface area contributed by atoms with Gasteiger partial charge in [-0.05, 0) is 31.2 Å². The van der Waals surface area contributed by atoms with Crippen LogP contribution < -0.4 is 15.0 Å². The standard InChI is InChI=1S/C21H27N3O3/c1-16(22-20-18(21(25)26)9-6-10-19(20)27-2)15-23-11-13-24(14-12-23)17-7-4-3-5-8-17/h3-10,16,22H,11-15H2,1-2H3,(H,25,26). The van der Waals surface area contributed by atoms with Gasteiger partial charge in [0.1, 0.15) is 5.75 Å². The molecule has 1 saturated heterocycles. The van der Waals surface area contributed by atoms with Crippen LogP contribution in [0.4, 0.5) is 11.4 Å². The number of rotatable bonds is 7. The number of carboxylic acids is 1. The number of benzene rings is 2. The van der Waals surface area contributed by atoms with E-state index in [4.69, 9.17) is 4.74 Å². The Morgan fingerprint density at radius 1 is 1.11 bits per heavy atom. The van der Waals surface area contributed by atoms with E-state index >= 15 is 0 Å². The van der Waals surface area contributed by atoms with Crippen LogP contribution in [0.3, 0.4) is 0 Å². The number of hydrogen-bond donors (Lipinski definition) is 2. The molecule has 0 bridgehead atoms. The van der Waals surface area contributed by atoms with Gasteiger partial charge in [0, 0.05) is 44.5 Å². The van der Waals surface area contributed by atoms with E-state index in [0.717, 1.165) is 32.7 Å². The molecule has 0 saturated carbocycles. The third-order valence-electron chi connectivity index (χ3n) is 4.89.